The van der Waals surface area contributed by atoms with Crippen molar-refractivity contribution < 1.29 is 4.79 Å². The Morgan fingerprint density at radius 2 is 1.84 bits per heavy atom. The monoisotopic (exact) mass is 414 g/mol. The van der Waals surface area contributed by atoms with Crippen LogP contribution in [0, 0.1) is 0 Å². The van der Waals surface area contributed by atoms with Gasteiger partial charge in [0, 0.05) is 35.9 Å². The molecule has 0 spiro atoms. The number of rotatable bonds is 4. The Bertz CT molecular complexity index is 1260. The van der Waals surface area contributed by atoms with Crippen molar-refractivity contribution in [2.75, 3.05) is 0 Å². The fourth-order valence-corrected chi connectivity index (χ4v) is 4.29. The average molecular weight is 414 g/mol. The highest BCUT2D eigenvalue weighted by Crippen LogP contribution is 2.34. The maximum atomic E-state index is 12.6. The SMILES string of the molecule is O=C(NC1CCC(c2n[nH]c(=O)c3ccccc23)CC1)c1ccc(-n2cccn2)nc1. The Balaban J connectivity index is 1.23. The Kier molecular flexibility index (Phi) is 5.03. The zero-order chi connectivity index (χ0) is 21.2. The van der Waals surface area contributed by atoms with Crippen LogP contribution in [0.3, 0.4) is 0 Å². The lowest BCUT2D eigenvalue weighted by Crippen LogP contribution is -2.37. The molecule has 0 aliphatic heterocycles. The van der Waals surface area contributed by atoms with Crippen LogP contribution in [0.25, 0.3) is 16.6 Å². The first-order chi connectivity index (χ1) is 15.2. The summed E-state index contributed by atoms with van der Waals surface area (Å²) in [6.45, 7) is 0. The summed E-state index contributed by atoms with van der Waals surface area (Å²) in [6, 6.07) is 13.1. The number of fused-ring (bicyclic) bond motifs is 1. The molecule has 1 fully saturated rings. The second-order valence-corrected chi connectivity index (χ2v) is 7.86. The van der Waals surface area contributed by atoms with Gasteiger partial charge in [-0.2, -0.15) is 10.2 Å². The lowest BCUT2D eigenvalue weighted by molar-refractivity contribution is 0.0925. The number of amides is 1. The second-order valence-electron chi connectivity index (χ2n) is 7.86. The van der Waals surface area contributed by atoms with Crippen LogP contribution in [0.2, 0.25) is 0 Å². The van der Waals surface area contributed by atoms with E-state index >= 15 is 0 Å². The summed E-state index contributed by atoms with van der Waals surface area (Å²) < 4.78 is 1.65. The third-order valence-electron chi connectivity index (χ3n) is 5.92. The van der Waals surface area contributed by atoms with Crippen LogP contribution in [-0.4, -0.2) is 36.9 Å². The number of carbonyl (C=O) groups is 1. The van der Waals surface area contributed by atoms with Crippen LogP contribution in [0.5, 0.6) is 0 Å². The van der Waals surface area contributed by atoms with E-state index in [0.717, 1.165) is 36.8 Å². The lowest BCUT2D eigenvalue weighted by Gasteiger charge is -2.29. The van der Waals surface area contributed by atoms with E-state index < -0.39 is 0 Å². The normalized spacial score (nSPS) is 18.7. The summed E-state index contributed by atoms with van der Waals surface area (Å²) in [5, 5.41) is 15.8. The standard InChI is InChI=1S/C23H22N6O2/c30-22(16-8-11-20(24-14-16)29-13-3-12-25-29)26-17-9-6-15(7-10-17)21-18-4-1-2-5-19(18)23(31)28-27-21/h1-5,8,11-15,17H,6-7,9-10H2,(H,26,30)(H,28,31). The number of aromatic amines is 1. The summed E-state index contributed by atoms with van der Waals surface area (Å²) in [4.78, 5) is 29.0. The number of nitrogens with zero attached hydrogens (tertiary/aromatic N) is 4. The lowest BCUT2D eigenvalue weighted by atomic mass is 9.82. The zero-order valence-corrected chi connectivity index (χ0v) is 16.9. The van der Waals surface area contributed by atoms with Gasteiger partial charge < -0.3 is 5.32 Å². The molecule has 8 nitrogen and oxygen atoms in total. The number of pyridine rings is 1. The molecular formula is C23H22N6O2. The first-order valence-corrected chi connectivity index (χ1v) is 10.4. The highest BCUT2D eigenvalue weighted by molar-refractivity contribution is 5.94. The highest BCUT2D eigenvalue weighted by Gasteiger charge is 2.26. The fourth-order valence-electron chi connectivity index (χ4n) is 4.29. The van der Waals surface area contributed by atoms with E-state index in [9.17, 15) is 9.59 Å². The van der Waals surface area contributed by atoms with Gasteiger partial charge in [-0.1, -0.05) is 18.2 Å². The molecular weight excluding hydrogens is 392 g/mol. The molecule has 3 heterocycles. The van der Waals surface area contributed by atoms with Gasteiger partial charge in [0.1, 0.15) is 0 Å². The molecule has 0 saturated heterocycles. The Morgan fingerprint density at radius 3 is 2.55 bits per heavy atom. The van der Waals surface area contributed by atoms with Gasteiger partial charge in [0.05, 0.1) is 16.6 Å². The summed E-state index contributed by atoms with van der Waals surface area (Å²) in [6.07, 6.45) is 8.61. The Morgan fingerprint density at radius 1 is 1.03 bits per heavy atom. The Labute approximate surface area is 178 Å². The number of carbonyl (C=O) groups excluding carboxylic acids is 1. The second kappa shape index (κ2) is 8.14. The molecule has 1 aliphatic rings. The molecule has 1 aromatic carbocycles. The van der Waals surface area contributed by atoms with Crippen molar-refractivity contribution in [2.24, 2.45) is 0 Å². The van der Waals surface area contributed by atoms with Gasteiger partial charge in [-0.15, -0.1) is 0 Å². The van der Waals surface area contributed by atoms with Crippen molar-refractivity contribution in [3.63, 3.8) is 0 Å². The van der Waals surface area contributed by atoms with Gasteiger partial charge in [-0.25, -0.2) is 14.8 Å². The number of H-pyrrole nitrogens is 1. The average Bonchev–Trinajstić information content (AvgIpc) is 3.35. The molecule has 2 N–H and O–H groups in total. The highest BCUT2D eigenvalue weighted by atomic mass is 16.1. The minimum absolute atomic E-state index is 0.114. The maximum absolute atomic E-state index is 12.6. The molecule has 1 amide bonds. The predicted molar refractivity (Wildman–Crippen MR) is 116 cm³/mol. The van der Waals surface area contributed by atoms with Crippen LogP contribution >= 0.6 is 0 Å². The summed E-state index contributed by atoms with van der Waals surface area (Å²) >= 11 is 0. The smallest absolute Gasteiger partial charge is 0.272 e. The van der Waals surface area contributed by atoms with Gasteiger partial charge in [-0.05, 0) is 49.9 Å². The van der Waals surface area contributed by atoms with E-state index in [4.69, 9.17) is 0 Å². The van der Waals surface area contributed by atoms with Crippen LogP contribution in [0.4, 0.5) is 0 Å². The van der Waals surface area contributed by atoms with E-state index in [0.29, 0.717) is 16.8 Å². The molecule has 0 unspecified atom stereocenters. The van der Waals surface area contributed by atoms with Crippen molar-refractivity contribution >= 4 is 16.7 Å². The van der Waals surface area contributed by atoms with Crippen LogP contribution in [-0.2, 0) is 0 Å². The third-order valence-corrected chi connectivity index (χ3v) is 5.92. The van der Waals surface area contributed by atoms with Crippen molar-refractivity contribution in [3.05, 3.63) is 82.7 Å². The quantitative estimate of drug-likeness (QED) is 0.534. The number of hydrogen-bond acceptors (Lipinski definition) is 5. The fraction of sp³-hybridized carbons (Fsp3) is 0.261. The first kappa shape index (κ1) is 19.2. The van der Waals surface area contributed by atoms with E-state index in [1.807, 2.05) is 30.3 Å². The number of hydrogen-bond donors (Lipinski definition) is 2. The minimum Gasteiger partial charge on any atom is -0.349 e. The van der Waals surface area contributed by atoms with E-state index in [-0.39, 0.29) is 23.4 Å². The molecule has 31 heavy (non-hydrogen) atoms. The van der Waals surface area contributed by atoms with Gasteiger partial charge >= 0.3 is 0 Å². The summed E-state index contributed by atoms with van der Waals surface area (Å²) in [5.74, 6) is 0.822. The van der Waals surface area contributed by atoms with Crippen LogP contribution < -0.4 is 10.9 Å². The zero-order valence-electron chi connectivity index (χ0n) is 16.9. The van der Waals surface area contributed by atoms with Crippen molar-refractivity contribution in [1.29, 1.82) is 0 Å². The predicted octanol–water partition coefficient (Wildman–Crippen LogP) is 2.96. The minimum atomic E-state index is -0.160. The molecule has 1 saturated carbocycles. The molecule has 1 aliphatic carbocycles. The van der Waals surface area contributed by atoms with Crippen LogP contribution in [0.15, 0.2) is 65.8 Å². The van der Waals surface area contributed by atoms with Gasteiger partial charge in [-0.3, -0.25) is 9.59 Å². The maximum Gasteiger partial charge on any atom is 0.272 e. The van der Waals surface area contributed by atoms with Crippen molar-refractivity contribution in [3.8, 4) is 5.82 Å². The van der Waals surface area contributed by atoms with Crippen LogP contribution in [0.1, 0.15) is 47.7 Å². The molecule has 0 atom stereocenters. The largest absolute Gasteiger partial charge is 0.349 e. The number of benzene rings is 1. The van der Waals surface area contributed by atoms with Crippen molar-refractivity contribution in [2.45, 2.75) is 37.6 Å². The number of aromatic nitrogens is 5. The molecule has 4 aromatic rings. The first-order valence-electron chi connectivity index (χ1n) is 10.4. The third kappa shape index (κ3) is 3.84. The summed E-state index contributed by atoms with van der Waals surface area (Å²) in [7, 11) is 0. The van der Waals surface area contributed by atoms with Gasteiger partial charge in [0.2, 0.25) is 0 Å². The van der Waals surface area contributed by atoms with E-state index in [1.54, 1.807) is 35.4 Å². The molecule has 156 valence electrons. The van der Waals surface area contributed by atoms with E-state index in [1.165, 1.54) is 0 Å². The number of nitrogens with one attached hydrogen (secondary N) is 2. The topological polar surface area (TPSA) is 106 Å². The van der Waals surface area contributed by atoms with E-state index in [2.05, 4.69) is 25.6 Å². The van der Waals surface area contributed by atoms with Gasteiger partial charge in [0.25, 0.3) is 11.5 Å². The molecule has 3 aromatic heterocycles. The van der Waals surface area contributed by atoms with Crippen molar-refractivity contribution in [1.82, 2.24) is 30.3 Å². The summed E-state index contributed by atoms with van der Waals surface area (Å²) in [5.41, 5.74) is 1.32. The Hall–Kier alpha value is -3.81. The van der Waals surface area contributed by atoms with Gasteiger partial charge in [0.15, 0.2) is 5.82 Å². The molecule has 0 radical (unpaired) electrons. The molecule has 8 heteroatoms. The molecule has 0 bridgehead atoms. The molecule has 5 rings (SSSR count).